The Kier molecular flexibility index (Phi) is 7.66. The van der Waals surface area contributed by atoms with Crippen molar-refractivity contribution in [1.29, 1.82) is 0 Å². The Morgan fingerprint density at radius 1 is 0.757 bits per heavy atom. The van der Waals surface area contributed by atoms with E-state index in [1.54, 1.807) is 19.1 Å². The topological polar surface area (TPSA) is 109 Å². The SMILES string of the molecule is CCc1ccc(-c2ccc(CC(=O)c3cc(C(C)=O)c(C(=O)O)cc3C(=O)O)cc2C(F)(F)F)c(C)c1. The molecule has 9 heteroatoms. The first kappa shape index (κ1) is 27.3. The number of hydrogen-bond donors (Lipinski definition) is 2. The number of carbonyl (C=O) groups is 4. The van der Waals surface area contributed by atoms with Gasteiger partial charge in [-0.15, -0.1) is 0 Å². The van der Waals surface area contributed by atoms with E-state index in [9.17, 15) is 42.6 Å². The predicted octanol–water partition coefficient (Wildman–Crippen LogP) is 6.27. The van der Waals surface area contributed by atoms with Crippen LogP contribution < -0.4 is 0 Å². The van der Waals surface area contributed by atoms with E-state index in [1.165, 1.54) is 12.1 Å². The third-order valence-corrected chi connectivity index (χ3v) is 6.04. The number of rotatable bonds is 8. The molecular formula is C28H23F3O6. The third kappa shape index (κ3) is 5.77. The number of carboxylic acid groups (broad SMARTS) is 2. The largest absolute Gasteiger partial charge is 0.478 e. The predicted molar refractivity (Wildman–Crippen MR) is 129 cm³/mol. The minimum Gasteiger partial charge on any atom is -0.478 e. The van der Waals surface area contributed by atoms with Crippen LogP contribution in [0.3, 0.4) is 0 Å². The first-order valence-corrected chi connectivity index (χ1v) is 11.2. The minimum atomic E-state index is -4.73. The molecule has 192 valence electrons. The quantitative estimate of drug-likeness (QED) is 0.345. The summed E-state index contributed by atoms with van der Waals surface area (Å²) in [7, 11) is 0. The number of aryl methyl sites for hydroxylation is 2. The van der Waals surface area contributed by atoms with Gasteiger partial charge in [0.05, 0.1) is 16.7 Å². The third-order valence-electron chi connectivity index (χ3n) is 6.04. The number of aromatic carboxylic acids is 2. The molecule has 0 bridgehead atoms. The lowest BCUT2D eigenvalue weighted by Crippen LogP contribution is -2.16. The van der Waals surface area contributed by atoms with Crippen LogP contribution in [0.25, 0.3) is 11.1 Å². The lowest BCUT2D eigenvalue weighted by Gasteiger charge is -2.17. The summed E-state index contributed by atoms with van der Waals surface area (Å²) in [5, 5.41) is 18.8. The molecular weight excluding hydrogens is 489 g/mol. The van der Waals surface area contributed by atoms with Gasteiger partial charge in [-0.3, -0.25) is 9.59 Å². The highest BCUT2D eigenvalue weighted by Crippen LogP contribution is 2.39. The molecule has 0 aliphatic carbocycles. The first-order chi connectivity index (χ1) is 17.2. The molecule has 3 rings (SSSR count). The first-order valence-electron chi connectivity index (χ1n) is 11.2. The van der Waals surface area contributed by atoms with Gasteiger partial charge in [-0.05, 0) is 66.3 Å². The van der Waals surface area contributed by atoms with Crippen LogP contribution in [0.2, 0.25) is 0 Å². The fourth-order valence-electron chi connectivity index (χ4n) is 4.17. The molecule has 6 nitrogen and oxygen atoms in total. The van der Waals surface area contributed by atoms with Gasteiger partial charge in [-0.2, -0.15) is 13.2 Å². The summed E-state index contributed by atoms with van der Waals surface area (Å²) in [6.45, 7) is 4.71. The number of carbonyl (C=O) groups excluding carboxylic acids is 2. The van der Waals surface area contributed by atoms with E-state index in [-0.39, 0.29) is 16.7 Å². The number of halogens is 3. The molecule has 0 fully saturated rings. The Hall–Kier alpha value is -4.27. The number of Topliss-reactive ketones (excluding diaryl/α,β-unsaturated/α-hetero) is 2. The van der Waals surface area contributed by atoms with Gasteiger partial charge in [0.25, 0.3) is 0 Å². The van der Waals surface area contributed by atoms with Gasteiger partial charge in [0.1, 0.15) is 0 Å². The zero-order chi connectivity index (χ0) is 27.7. The molecule has 37 heavy (non-hydrogen) atoms. The van der Waals surface area contributed by atoms with Gasteiger partial charge in [0.15, 0.2) is 11.6 Å². The molecule has 0 aliphatic rings. The fraction of sp³-hybridized carbons (Fsp3) is 0.214. The highest BCUT2D eigenvalue weighted by molar-refractivity contribution is 6.12. The van der Waals surface area contributed by atoms with E-state index in [4.69, 9.17) is 0 Å². The van der Waals surface area contributed by atoms with Crippen molar-refractivity contribution in [3.63, 3.8) is 0 Å². The Bertz CT molecular complexity index is 1440. The monoisotopic (exact) mass is 512 g/mol. The van der Waals surface area contributed by atoms with Crippen molar-refractivity contribution in [2.75, 3.05) is 0 Å². The van der Waals surface area contributed by atoms with Crippen molar-refractivity contribution in [1.82, 2.24) is 0 Å². The lowest BCUT2D eigenvalue weighted by atomic mass is 9.89. The molecule has 0 radical (unpaired) electrons. The maximum atomic E-state index is 14.0. The summed E-state index contributed by atoms with van der Waals surface area (Å²) in [5.41, 5.74) is -1.09. The average molecular weight is 512 g/mol. The molecule has 3 aromatic carbocycles. The van der Waals surface area contributed by atoms with E-state index in [1.807, 2.05) is 13.0 Å². The molecule has 2 N–H and O–H groups in total. The van der Waals surface area contributed by atoms with Crippen LogP contribution in [0.1, 0.15) is 77.5 Å². The number of benzene rings is 3. The van der Waals surface area contributed by atoms with Gasteiger partial charge in [0, 0.05) is 17.5 Å². The smallest absolute Gasteiger partial charge is 0.417 e. The van der Waals surface area contributed by atoms with Crippen molar-refractivity contribution >= 4 is 23.5 Å². The average Bonchev–Trinajstić information content (AvgIpc) is 2.82. The van der Waals surface area contributed by atoms with Crippen molar-refractivity contribution in [3.8, 4) is 11.1 Å². The molecule has 0 amide bonds. The molecule has 0 heterocycles. The maximum absolute atomic E-state index is 14.0. The van der Waals surface area contributed by atoms with Crippen LogP contribution >= 0.6 is 0 Å². The van der Waals surface area contributed by atoms with Gasteiger partial charge in [-0.1, -0.05) is 37.3 Å². The second-order valence-corrected chi connectivity index (χ2v) is 8.59. The van der Waals surface area contributed by atoms with Crippen LogP contribution in [0.15, 0.2) is 48.5 Å². The Morgan fingerprint density at radius 3 is 1.81 bits per heavy atom. The van der Waals surface area contributed by atoms with Crippen LogP contribution in [-0.4, -0.2) is 33.7 Å². The minimum absolute atomic E-state index is 0.0214. The van der Waals surface area contributed by atoms with Crippen molar-refractivity contribution < 1.29 is 42.6 Å². The normalized spacial score (nSPS) is 11.3. The molecule has 0 atom stereocenters. The fourth-order valence-corrected chi connectivity index (χ4v) is 4.17. The van der Waals surface area contributed by atoms with Gasteiger partial charge in [-0.25, -0.2) is 9.59 Å². The Morgan fingerprint density at radius 2 is 1.30 bits per heavy atom. The lowest BCUT2D eigenvalue weighted by molar-refractivity contribution is -0.137. The van der Waals surface area contributed by atoms with E-state index >= 15 is 0 Å². The molecule has 3 aromatic rings. The summed E-state index contributed by atoms with van der Waals surface area (Å²) >= 11 is 0. The van der Waals surface area contributed by atoms with E-state index < -0.39 is 58.4 Å². The van der Waals surface area contributed by atoms with Crippen LogP contribution in [0.5, 0.6) is 0 Å². The molecule has 0 aliphatic heterocycles. The highest BCUT2D eigenvalue weighted by atomic mass is 19.4. The molecule has 0 saturated heterocycles. The van der Waals surface area contributed by atoms with Crippen molar-refractivity contribution in [3.05, 3.63) is 93.0 Å². The summed E-state index contributed by atoms with van der Waals surface area (Å²) < 4.78 is 42.1. The van der Waals surface area contributed by atoms with Gasteiger partial charge < -0.3 is 10.2 Å². The zero-order valence-corrected chi connectivity index (χ0v) is 20.2. The number of ketones is 2. The van der Waals surface area contributed by atoms with Crippen LogP contribution in [0, 0.1) is 6.92 Å². The second kappa shape index (κ2) is 10.4. The van der Waals surface area contributed by atoms with E-state index in [0.29, 0.717) is 17.2 Å². The van der Waals surface area contributed by atoms with E-state index in [2.05, 4.69) is 0 Å². The maximum Gasteiger partial charge on any atom is 0.417 e. The number of carboxylic acids is 2. The van der Waals surface area contributed by atoms with E-state index in [0.717, 1.165) is 31.0 Å². The summed E-state index contributed by atoms with van der Waals surface area (Å²) in [5.74, 6) is -4.75. The number of alkyl halides is 3. The summed E-state index contributed by atoms with van der Waals surface area (Å²) in [6.07, 6.45) is -4.60. The van der Waals surface area contributed by atoms with Crippen molar-refractivity contribution in [2.45, 2.75) is 39.8 Å². The summed E-state index contributed by atoms with van der Waals surface area (Å²) in [4.78, 5) is 48.2. The molecule has 0 aromatic heterocycles. The number of hydrogen-bond acceptors (Lipinski definition) is 4. The van der Waals surface area contributed by atoms with Crippen LogP contribution in [0.4, 0.5) is 13.2 Å². The molecule has 0 unspecified atom stereocenters. The van der Waals surface area contributed by atoms with Gasteiger partial charge >= 0.3 is 18.1 Å². The Balaban J connectivity index is 2.09. The molecule has 0 spiro atoms. The second-order valence-electron chi connectivity index (χ2n) is 8.59. The summed E-state index contributed by atoms with van der Waals surface area (Å²) in [6, 6.07) is 10.2. The molecule has 0 saturated carbocycles. The van der Waals surface area contributed by atoms with Crippen LogP contribution in [-0.2, 0) is 19.0 Å². The zero-order valence-electron chi connectivity index (χ0n) is 20.2. The van der Waals surface area contributed by atoms with Crippen molar-refractivity contribution in [2.24, 2.45) is 0 Å². The Labute approximate surface area is 210 Å². The standard InChI is InChI=1S/C28H23F3O6/c1-4-16-5-7-18(14(2)9-16)19-8-6-17(10-24(19)28(29,30)31)11-25(33)21-12-20(15(3)32)22(26(34)35)13-23(21)27(36)37/h5-10,12-13H,4,11H2,1-3H3,(H,34,35)(H,36,37). The van der Waals surface area contributed by atoms with Gasteiger partial charge in [0.2, 0.25) is 0 Å². The highest BCUT2D eigenvalue weighted by Gasteiger charge is 2.34.